The summed E-state index contributed by atoms with van der Waals surface area (Å²) in [5.74, 6) is -3.71. The number of hydrogen-bond acceptors (Lipinski definition) is 6. The number of carbonyl (C=O) groups is 4. The Morgan fingerprint density at radius 1 is 0.857 bits per heavy atom. The molecule has 6 atom stereocenters. The molecule has 0 aromatic heterocycles. The summed E-state index contributed by atoms with van der Waals surface area (Å²) in [5.41, 5.74) is 5.84. The Balaban J connectivity index is 5.03. The first-order valence-corrected chi connectivity index (χ1v) is 9.40. The second-order valence-electron chi connectivity index (χ2n) is 7.44. The minimum absolute atomic E-state index is 0.119. The van der Waals surface area contributed by atoms with E-state index in [2.05, 4.69) is 16.0 Å². The van der Waals surface area contributed by atoms with Crippen LogP contribution in [0, 0.1) is 11.8 Å². The van der Waals surface area contributed by atoms with Gasteiger partial charge in [-0.2, -0.15) is 0 Å². The van der Waals surface area contributed by atoms with Crippen molar-refractivity contribution in [3.8, 4) is 0 Å². The molecule has 0 aliphatic rings. The van der Waals surface area contributed by atoms with Gasteiger partial charge < -0.3 is 31.9 Å². The summed E-state index contributed by atoms with van der Waals surface area (Å²) in [4.78, 5) is 48.0. The third-order valence-corrected chi connectivity index (χ3v) is 4.60. The number of rotatable bonds is 11. The monoisotopic (exact) mass is 402 g/mol. The Kier molecular flexibility index (Phi) is 10.7. The van der Waals surface area contributed by atoms with Crippen LogP contribution in [0.25, 0.3) is 0 Å². The van der Waals surface area contributed by atoms with Gasteiger partial charge in [0, 0.05) is 0 Å². The molecular weight excluding hydrogens is 368 g/mol. The first kappa shape index (κ1) is 25.8. The molecule has 10 nitrogen and oxygen atoms in total. The largest absolute Gasteiger partial charge is 0.480 e. The molecule has 3 amide bonds. The van der Waals surface area contributed by atoms with Crippen LogP contribution in [0.4, 0.5) is 0 Å². The van der Waals surface area contributed by atoms with Crippen molar-refractivity contribution in [3.63, 3.8) is 0 Å². The predicted octanol–water partition coefficient (Wildman–Crippen LogP) is -1.04. The van der Waals surface area contributed by atoms with Crippen LogP contribution in [-0.4, -0.2) is 64.2 Å². The Labute approximate surface area is 165 Å². The lowest BCUT2D eigenvalue weighted by Crippen LogP contribution is -2.60. The van der Waals surface area contributed by atoms with Crippen molar-refractivity contribution in [2.45, 2.75) is 78.2 Å². The summed E-state index contributed by atoms with van der Waals surface area (Å²) in [6.45, 7) is 9.64. The van der Waals surface area contributed by atoms with Crippen LogP contribution in [0.3, 0.4) is 0 Å². The van der Waals surface area contributed by atoms with Crippen LogP contribution >= 0.6 is 0 Å². The molecule has 6 unspecified atom stereocenters. The fraction of sp³-hybridized carbons (Fsp3) is 0.778. The van der Waals surface area contributed by atoms with E-state index in [1.165, 1.54) is 13.8 Å². The highest BCUT2D eigenvalue weighted by Crippen LogP contribution is 2.07. The van der Waals surface area contributed by atoms with Crippen molar-refractivity contribution in [1.82, 2.24) is 16.0 Å². The number of aliphatic carboxylic acids is 1. The fourth-order valence-electron chi connectivity index (χ4n) is 2.33. The zero-order valence-corrected chi connectivity index (χ0v) is 17.4. The van der Waals surface area contributed by atoms with E-state index in [0.717, 1.165) is 0 Å². The van der Waals surface area contributed by atoms with Crippen molar-refractivity contribution in [2.75, 3.05) is 0 Å². The lowest BCUT2D eigenvalue weighted by molar-refractivity contribution is -0.143. The first-order valence-electron chi connectivity index (χ1n) is 9.40. The normalized spacial score (nSPS) is 17.6. The second-order valence-corrected chi connectivity index (χ2v) is 7.44. The molecule has 0 fully saturated rings. The molecule has 0 aliphatic carbocycles. The van der Waals surface area contributed by atoms with Gasteiger partial charge >= 0.3 is 5.97 Å². The van der Waals surface area contributed by atoms with Crippen LogP contribution < -0.4 is 21.7 Å². The Hall–Kier alpha value is -2.20. The molecule has 0 bridgehead atoms. The molecule has 0 spiro atoms. The Morgan fingerprint density at radius 3 is 1.75 bits per heavy atom. The number of hydrogen-bond donors (Lipinski definition) is 6. The minimum atomic E-state index is -1.31. The molecule has 0 rings (SSSR count). The molecule has 0 heterocycles. The van der Waals surface area contributed by atoms with E-state index in [1.54, 1.807) is 20.8 Å². The average molecular weight is 402 g/mol. The summed E-state index contributed by atoms with van der Waals surface area (Å²) >= 11 is 0. The summed E-state index contributed by atoms with van der Waals surface area (Å²) < 4.78 is 0. The number of nitrogens with two attached hydrogens (primary N) is 1. The average Bonchev–Trinajstić information content (AvgIpc) is 2.60. The number of amides is 3. The number of nitrogens with one attached hydrogen (secondary N) is 3. The van der Waals surface area contributed by atoms with Gasteiger partial charge in [0.25, 0.3) is 0 Å². The first-order chi connectivity index (χ1) is 12.8. The molecule has 7 N–H and O–H groups in total. The topological polar surface area (TPSA) is 171 Å². The van der Waals surface area contributed by atoms with Crippen molar-refractivity contribution < 1.29 is 29.4 Å². The Bertz CT molecular complexity index is 566. The minimum Gasteiger partial charge on any atom is -0.480 e. The Morgan fingerprint density at radius 2 is 1.36 bits per heavy atom. The van der Waals surface area contributed by atoms with E-state index in [4.69, 9.17) is 10.8 Å². The summed E-state index contributed by atoms with van der Waals surface area (Å²) in [5, 5.41) is 26.1. The highest BCUT2D eigenvalue weighted by atomic mass is 16.4. The maximum absolute atomic E-state index is 12.4. The van der Waals surface area contributed by atoms with Crippen molar-refractivity contribution in [2.24, 2.45) is 17.6 Å². The SMILES string of the molecule is CCC(C)C(N)C(=O)NC(C(=O)NC(C)C(=O)NC(C(=O)O)C(C)C)C(C)O. The van der Waals surface area contributed by atoms with Gasteiger partial charge in [-0.1, -0.05) is 34.1 Å². The van der Waals surface area contributed by atoms with Crippen LogP contribution in [0.1, 0.15) is 48.0 Å². The van der Waals surface area contributed by atoms with Gasteiger partial charge in [0.15, 0.2) is 0 Å². The highest BCUT2D eigenvalue weighted by Gasteiger charge is 2.32. The molecular formula is C18H34N4O6. The van der Waals surface area contributed by atoms with Gasteiger partial charge in [-0.05, 0) is 25.7 Å². The van der Waals surface area contributed by atoms with E-state index in [9.17, 15) is 24.3 Å². The molecule has 0 saturated carbocycles. The molecule has 28 heavy (non-hydrogen) atoms. The van der Waals surface area contributed by atoms with E-state index >= 15 is 0 Å². The number of aliphatic hydroxyl groups excluding tert-OH is 1. The predicted molar refractivity (Wildman–Crippen MR) is 103 cm³/mol. The maximum Gasteiger partial charge on any atom is 0.326 e. The van der Waals surface area contributed by atoms with Crippen LogP contribution in [0.2, 0.25) is 0 Å². The zero-order valence-electron chi connectivity index (χ0n) is 17.4. The third-order valence-electron chi connectivity index (χ3n) is 4.60. The van der Waals surface area contributed by atoms with Gasteiger partial charge in [-0.3, -0.25) is 14.4 Å². The summed E-state index contributed by atoms with van der Waals surface area (Å²) in [6, 6.07) is -4.33. The van der Waals surface area contributed by atoms with Gasteiger partial charge in [0.2, 0.25) is 17.7 Å². The van der Waals surface area contributed by atoms with Gasteiger partial charge in [-0.25, -0.2) is 4.79 Å². The van der Waals surface area contributed by atoms with Crippen molar-refractivity contribution in [1.29, 1.82) is 0 Å². The van der Waals surface area contributed by atoms with Crippen LogP contribution in [0.15, 0.2) is 0 Å². The number of carboxylic acid groups (broad SMARTS) is 1. The van der Waals surface area contributed by atoms with Crippen molar-refractivity contribution in [3.05, 3.63) is 0 Å². The lowest BCUT2D eigenvalue weighted by atomic mass is 9.98. The molecule has 0 radical (unpaired) electrons. The maximum atomic E-state index is 12.4. The van der Waals surface area contributed by atoms with Gasteiger partial charge in [0.05, 0.1) is 12.1 Å². The van der Waals surface area contributed by atoms with E-state index < -0.39 is 54.0 Å². The number of carboxylic acids is 1. The van der Waals surface area contributed by atoms with Gasteiger partial charge in [-0.15, -0.1) is 0 Å². The van der Waals surface area contributed by atoms with Crippen LogP contribution in [-0.2, 0) is 19.2 Å². The molecule has 0 aromatic carbocycles. The standard InChI is InChI=1S/C18H34N4O6/c1-7-9(4)12(19)16(25)22-14(11(6)23)17(26)20-10(5)15(24)21-13(8(2)3)18(27)28/h8-14,23H,7,19H2,1-6H3,(H,20,26)(H,21,24)(H,22,25)(H,27,28). The van der Waals surface area contributed by atoms with Gasteiger partial charge in [0.1, 0.15) is 18.1 Å². The number of aliphatic hydroxyl groups is 1. The quantitative estimate of drug-likeness (QED) is 0.256. The smallest absolute Gasteiger partial charge is 0.326 e. The second kappa shape index (κ2) is 11.6. The lowest BCUT2D eigenvalue weighted by Gasteiger charge is -2.26. The van der Waals surface area contributed by atoms with Crippen molar-refractivity contribution >= 4 is 23.7 Å². The third kappa shape index (κ3) is 7.81. The summed E-state index contributed by atoms with van der Waals surface area (Å²) in [7, 11) is 0. The van der Waals surface area contributed by atoms with E-state index in [-0.39, 0.29) is 11.8 Å². The summed E-state index contributed by atoms with van der Waals surface area (Å²) in [6.07, 6.45) is -0.566. The molecule has 0 aromatic rings. The number of carbonyl (C=O) groups excluding carboxylic acids is 3. The molecule has 10 heteroatoms. The zero-order chi connectivity index (χ0) is 22.2. The highest BCUT2D eigenvalue weighted by molar-refractivity contribution is 5.94. The fourth-order valence-corrected chi connectivity index (χ4v) is 2.33. The van der Waals surface area contributed by atoms with E-state index in [0.29, 0.717) is 6.42 Å². The molecule has 0 saturated heterocycles. The molecule has 162 valence electrons. The van der Waals surface area contributed by atoms with E-state index in [1.807, 2.05) is 6.92 Å². The van der Waals surface area contributed by atoms with Crippen LogP contribution in [0.5, 0.6) is 0 Å². The molecule has 0 aliphatic heterocycles.